The molecule has 2 heterocycles. The molecule has 0 unspecified atom stereocenters. The van der Waals surface area contributed by atoms with Crippen LogP contribution in [0.5, 0.6) is 5.88 Å². The molecule has 0 saturated carbocycles. The molecule has 0 aliphatic heterocycles. The first-order valence-electron chi connectivity index (χ1n) is 4.10. The summed E-state index contributed by atoms with van der Waals surface area (Å²) in [6.07, 6.45) is 1.64. The van der Waals surface area contributed by atoms with Gasteiger partial charge in [-0.25, -0.2) is 4.98 Å². The van der Waals surface area contributed by atoms with Crippen molar-refractivity contribution in [3.05, 3.63) is 24.2 Å². The molecule has 0 fully saturated rings. The number of ether oxygens (including phenoxy) is 1. The van der Waals surface area contributed by atoms with Gasteiger partial charge in [0, 0.05) is 24.8 Å². The molecule has 0 saturated heterocycles. The van der Waals surface area contributed by atoms with Crippen LogP contribution in [0.15, 0.2) is 22.9 Å². The van der Waals surface area contributed by atoms with Gasteiger partial charge in [0.05, 0.1) is 7.11 Å². The van der Waals surface area contributed by atoms with Gasteiger partial charge in [-0.15, -0.1) is 0 Å². The topological polar surface area (TPSA) is 61.0 Å². The average molecular weight is 191 g/mol. The molecule has 0 aliphatic rings. The van der Waals surface area contributed by atoms with E-state index >= 15 is 0 Å². The van der Waals surface area contributed by atoms with E-state index in [0.29, 0.717) is 17.6 Å². The van der Waals surface area contributed by atoms with E-state index in [1.54, 1.807) is 26.3 Å². The van der Waals surface area contributed by atoms with Crippen molar-refractivity contribution in [3.8, 4) is 17.3 Å². The van der Waals surface area contributed by atoms with Crippen LogP contribution in [0, 0.1) is 6.92 Å². The molecule has 0 aliphatic carbocycles. The molecule has 0 spiro atoms. The van der Waals surface area contributed by atoms with Gasteiger partial charge < -0.3 is 9.26 Å². The van der Waals surface area contributed by atoms with Gasteiger partial charge in [0.2, 0.25) is 17.6 Å². The molecule has 0 radical (unpaired) electrons. The summed E-state index contributed by atoms with van der Waals surface area (Å²) in [5.41, 5.74) is 0.808. The molecule has 2 aromatic heterocycles. The molecule has 2 aromatic rings. The number of aromatic nitrogens is 3. The first kappa shape index (κ1) is 8.68. The number of aryl methyl sites for hydroxylation is 1. The highest BCUT2D eigenvalue weighted by Gasteiger charge is 2.05. The zero-order valence-corrected chi connectivity index (χ0v) is 7.89. The van der Waals surface area contributed by atoms with Crippen LogP contribution >= 0.6 is 0 Å². The van der Waals surface area contributed by atoms with Crippen molar-refractivity contribution in [2.75, 3.05) is 7.11 Å². The van der Waals surface area contributed by atoms with Crippen molar-refractivity contribution in [1.29, 1.82) is 0 Å². The third-order valence-electron chi connectivity index (χ3n) is 1.73. The minimum absolute atomic E-state index is 0.538. The number of rotatable bonds is 2. The first-order chi connectivity index (χ1) is 6.79. The summed E-state index contributed by atoms with van der Waals surface area (Å²) < 4.78 is 9.79. The lowest BCUT2D eigenvalue weighted by molar-refractivity contribution is 0.393. The third kappa shape index (κ3) is 1.56. The van der Waals surface area contributed by atoms with Crippen molar-refractivity contribution in [1.82, 2.24) is 15.1 Å². The van der Waals surface area contributed by atoms with Gasteiger partial charge >= 0.3 is 0 Å². The Labute approximate surface area is 80.7 Å². The second-order valence-corrected chi connectivity index (χ2v) is 2.73. The third-order valence-corrected chi connectivity index (χ3v) is 1.73. The fourth-order valence-electron chi connectivity index (χ4n) is 1.05. The van der Waals surface area contributed by atoms with Crippen LogP contribution in [0.4, 0.5) is 0 Å². The molecule has 5 heteroatoms. The van der Waals surface area contributed by atoms with Crippen molar-refractivity contribution in [3.63, 3.8) is 0 Å². The van der Waals surface area contributed by atoms with E-state index in [0.717, 1.165) is 5.56 Å². The number of hydrogen-bond acceptors (Lipinski definition) is 5. The predicted octanol–water partition coefficient (Wildman–Crippen LogP) is 1.45. The number of nitrogens with zero attached hydrogens (tertiary/aromatic N) is 3. The minimum Gasteiger partial charge on any atom is -0.481 e. The Kier molecular flexibility index (Phi) is 2.14. The normalized spacial score (nSPS) is 10.1. The predicted molar refractivity (Wildman–Crippen MR) is 48.8 cm³/mol. The highest BCUT2D eigenvalue weighted by Crippen LogP contribution is 2.16. The second-order valence-electron chi connectivity index (χ2n) is 2.73. The van der Waals surface area contributed by atoms with Crippen LogP contribution in [0.3, 0.4) is 0 Å². The molecule has 5 nitrogen and oxygen atoms in total. The van der Waals surface area contributed by atoms with E-state index in [2.05, 4.69) is 15.1 Å². The smallest absolute Gasteiger partial charge is 0.223 e. The minimum atomic E-state index is 0.538. The summed E-state index contributed by atoms with van der Waals surface area (Å²) in [4.78, 5) is 8.12. The van der Waals surface area contributed by atoms with E-state index < -0.39 is 0 Å². The molecular weight excluding hydrogens is 182 g/mol. The largest absolute Gasteiger partial charge is 0.481 e. The standard InChI is InChI=1S/C9H9N3O2/c1-6-11-9(12-14-6)7-3-4-8(13-2)10-5-7/h3-5H,1-2H3. The summed E-state index contributed by atoms with van der Waals surface area (Å²) >= 11 is 0. The van der Waals surface area contributed by atoms with Crippen molar-refractivity contribution in [2.45, 2.75) is 6.92 Å². The van der Waals surface area contributed by atoms with E-state index in [-0.39, 0.29) is 0 Å². The quantitative estimate of drug-likeness (QED) is 0.718. The second kappa shape index (κ2) is 3.45. The molecular formula is C9H9N3O2. The van der Waals surface area contributed by atoms with E-state index in [1.807, 2.05) is 6.07 Å². The summed E-state index contributed by atoms with van der Waals surface area (Å²) in [6, 6.07) is 3.58. The lowest BCUT2D eigenvalue weighted by Crippen LogP contribution is -1.88. The Morgan fingerprint density at radius 3 is 2.71 bits per heavy atom. The van der Waals surface area contributed by atoms with Crippen molar-refractivity contribution in [2.24, 2.45) is 0 Å². The number of hydrogen-bond donors (Lipinski definition) is 0. The maximum atomic E-state index is 4.93. The van der Waals surface area contributed by atoms with Crippen LogP contribution in [0.25, 0.3) is 11.4 Å². The summed E-state index contributed by atoms with van der Waals surface area (Å²) in [6.45, 7) is 1.74. The van der Waals surface area contributed by atoms with Gasteiger partial charge in [0.15, 0.2) is 0 Å². The van der Waals surface area contributed by atoms with Crippen LogP contribution < -0.4 is 4.74 Å². The van der Waals surface area contributed by atoms with Gasteiger partial charge in [-0.05, 0) is 6.07 Å². The Morgan fingerprint density at radius 1 is 1.36 bits per heavy atom. The maximum absolute atomic E-state index is 4.93. The summed E-state index contributed by atoms with van der Waals surface area (Å²) in [7, 11) is 1.57. The van der Waals surface area contributed by atoms with Gasteiger partial charge in [-0.1, -0.05) is 5.16 Å². The fourth-order valence-corrected chi connectivity index (χ4v) is 1.05. The Bertz CT molecular complexity index is 422. The molecule has 0 bridgehead atoms. The van der Waals surface area contributed by atoms with Crippen LogP contribution in [-0.2, 0) is 0 Å². The van der Waals surface area contributed by atoms with Crippen LogP contribution in [0.2, 0.25) is 0 Å². The lowest BCUT2D eigenvalue weighted by atomic mass is 10.3. The summed E-state index contributed by atoms with van der Waals surface area (Å²) in [5.74, 6) is 1.64. The average Bonchev–Trinajstić information content (AvgIpc) is 2.65. The van der Waals surface area contributed by atoms with Crippen molar-refractivity contribution < 1.29 is 9.26 Å². The maximum Gasteiger partial charge on any atom is 0.223 e. The SMILES string of the molecule is COc1ccc(-c2noc(C)n2)cn1. The number of pyridine rings is 1. The zero-order valence-electron chi connectivity index (χ0n) is 7.89. The van der Waals surface area contributed by atoms with Gasteiger partial charge in [-0.2, -0.15) is 4.98 Å². The van der Waals surface area contributed by atoms with Crippen LogP contribution in [0.1, 0.15) is 5.89 Å². The molecule has 72 valence electrons. The van der Waals surface area contributed by atoms with Crippen molar-refractivity contribution >= 4 is 0 Å². The Hall–Kier alpha value is -1.91. The molecule has 0 N–H and O–H groups in total. The van der Waals surface area contributed by atoms with E-state index in [1.165, 1.54) is 0 Å². The highest BCUT2D eigenvalue weighted by atomic mass is 16.5. The Balaban J connectivity index is 2.33. The first-order valence-corrected chi connectivity index (χ1v) is 4.10. The van der Waals surface area contributed by atoms with Gasteiger partial charge in [0.1, 0.15) is 0 Å². The Morgan fingerprint density at radius 2 is 2.21 bits per heavy atom. The lowest BCUT2D eigenvalue weighted by Gasteiger charge is -1.97. The molecule has 0 aromatic carbocycles. The zero-order chi connectivity index (χ0) is 9.97. The molecule has 2 rings (SSSR count). The molecule has 0 amide bonds. The van der Waals surface area contributed by atoms with Crippen LogP contribution in [-0.4, -0.2) is 22.2 Å². The van der Waals surface area contributed by atoms with E-state index in [9.17, 15) is 0 Å². The highest BCUT2D eigenvalue weighted by molar-refractivity contribution is 5.52. The molecule has 14 heavy (non-hydrogen) atoms. The van der Waals surface area contributed by atoms with Gasteiger partial charge in [-0.3, -0.25) is 0 Å². The number of methoxy groups -OCH3 is 1. The van der Waals surface area contributed by atoms with Gasteiger partial charge in [0.25, 0.3) is 0 Å². The monoisotopic (exact) mass is 191 g/mol. The summed E-state index contributed by atoms with van der Waals surface area (Å²) in [5, 5.41) is 3.77. The van der Waals surface area contributed by atoms with E-state index in [4.69, 9.17) is 9.26 Å². The molecule has 0 atom stereocenters. The fraction of sp³-hybridized carbons (Fsp3) is 0.222.